The van der Waals surface area contributed by atoms with Gasteiger partial charge in [0, 0.05) is 12.2 Å². The van der Waals surface area contributed by atoms with Gasteiger partial charge in [-0.15, -0.1) is 0 Å². The van der Waals surface area contributed by atoms with E-state index < -0.39 is 0 Å². The molecule has 4 nitrogen and oxygen atoms in total. The lowest BCUT2D eigenvalue weighted by Gasteiger charge is -2.38. The minimum atomic E-state index is -0.356. The summed E-state index contributed by atoms with van der Waals surface area (Å²) in [4.78, 5) is 14.5. The Morgan fingerprint density at radius 2 is 2.12 bits per heavy atom. The maximum atomic E-state index is 12.0. The van der Waals surface area contributed by atoms with Gasteiger partial charge in [0.25, 0.3) is 0 Å². The van der Waals surface area contributed by atoms with E-state index in [4.69, 9.17) is 10.5 Å². The molecule has 1 aliphatic carbocycles. The first-order valence-corrected chi connectivity index (χ1v) is 8.99. The van der Waals surface area contributed by atoms with Crippen molar-refractivity contribution in [3.63, 3.8) is 0 Å². The number of hydrogen-bond donors (Lipinski definition) is 1. The molecule has 3 rings (SSSR count). The van der Waals surface area contributed by atoms with Crippen LogP contribution in [0.3, 0.4) is 0 Å². The molecule has 24 heavy (non-hydrogen) atoms. The van der Waals surface area contributed by atoms with Gasteiger partial charge in [-0.1, -0.05) is 34.1 Å². The van der Waals surface area contributed by atoms with Crippen molar-refractivity contribution in [3.05, 3.63) is 29.3 Å². The number of anilines is 1. The molecule has 3 unspecified atom stereocenters. The average Bonchev–Trinajstić information content (AvgIpc) is 2.98. The summed E-state index contributed by atoms with van der Waals surface area (Å²) in [5.41, 5.74) is 9.71. The largest absolute Gasteiger partial charge is 0.465 e. The van der Waals surface area contributed by atoms with Crippen LogP contribution in [0.15, 0.2) is 18.2 Å². The highest BCUT2D eigenvalue weighted by molar-refractivity contribution is 5.90. The molecule has 0 spiro atoms. The number of carbonyl (C=O) groups excluding carboxylic acids is 1. The van der Waals surface area contributed by atoms with E-state index in [-0.39, 0.29) is 16.9 Å². The number of nitrogens with two attached hydrogens (primary N) is 1. The zero-order valence-electron chi connectivity index (χ0n) is 15.6. The molecule has 4 heteroatoms. The van der Waals surface area contributed by atoms with Crippen molar-refractivity contribution in [1.82, 2.24) is 0 Å². The second-order valence-corrected chi connectivity index (χ2v) is 8.60. The molecule has 1 saturated carbocycles. The lowest BCUT2D eigenvalue weighted by Crippen LogP contribution is -2.51. The third-order valence-electron chi connectivity index (χ3n) is 5.64. The zero-order chi connectivity index (χ0) is 17.7. The molecule has 0 aromatic heterocycles. The number of hydrogen-bond acceptors (Lipinski definition) is 4. The van der Waals surface area contributed by atoms with Crippen LogP contribution in [0.4, 0.5) is 5.69 Å². The summed E-state index contributed by atoms with van der Waals surface area (Å²) in [6, 6.07) is 6.22. The first-order chi connectivity index (χ1) is 11.2. The molecular weight excluding hydrogens is 300 g/mol. The summed E-state index contributed by atoms with van der Waals surface area (Å²) in [5.74, 6) is 0.309. The Labute approximate surface area is 145 Å². The number of ether oxygens (including phenoxy) is 1. The molecule has 2 N–H and O–H groups in total. The molecule has 1 heterocycles. The molecule has 0 radical (unpaired) electrons. The summed E-state index contributed by atoms with van der Waals surface area (Å²) in [6.45, 7) is 10.0. The van der Waals surface area contributed by atoms with Crippen LogP contribution in [-0.2, 0) is 10.3 Å². The number of methoxy groups -OCH3 is 1. The number of rotatable bonds is 3. The monoisotopic (exact) mass is 330 g/mol. The SMILES string of the molecule is CCC1CCC2(N)c3cc(C(=O)OC)ccc3N(CC(C)(C)C)C12. The number of nitrogens with zero attached hydrogens (tertiary/aromatic N) is 1. The number of esters is 1. The van der Waals surface area contributed by atoms with Gasteiger partial charge in [0.05, 0.1) is 24.3 Å². The van der Waals surface area contributed by atoms with Crippen molar-refractivity contribution < 1.29 is 9.53 Å². The predicted molar refractivity (Wildman–Crippen MR) is 97.3 cm³/mol. The summed E-state index contributed by atoms with van der Waals surface area (Å²) < 4.78 is 4.90. The van der Waals surface area contributed by atoms with Crippen LogP contribution in [0, 0.1) is 11.3 Å². The van der Waals surface area contributed by atoms with Gasteiger partial charge in [-0.25, -0.2) is 4.79 Å². The van der Waals surface area contributed by atoms with Crippen LogP contribution in [0.5, 0.6) is 0 Å². The van der Waals surface area contributed by atoms with Crippen LogP contribution in [0.25, 0.3) is 0 Å². The number of benzene rings is 1. The lowest BCUT2D eigenvalue weighted by atomic mass is 9.85. The quantitative estimate of drug-likeness (QED) is 0.859. The lowest BCUT2D eigenvalue weighted by molar-refractivity contribution is 0.0600. The number of carbonyl (C=O) groups is 1. The maximum Gasteiger partial charge on any atom is 0.337 e. The Kier molecular flexibility index (Phi) is 4.15. The van der Waals surface area contributed by atoms with E-state index in [1.54, 1.807) is 0 Å². The minimum Gasteiger partial charge on any atom is -0.465 e. The highest BCUT2D eigenvalue weighted by Gasteiger charge is 2.55. The third kappa shape index (κ3) is 2.61. The van der Waals surface area contributed by atoms with Gasteiger partial charge in [-0.05, 0) is 47.9 Å². The second-order valence-electron chi connectivity index (χ2n) is 8.60. The van der Waals surface area contributed by atoms with E-state index in [2.05, 4.69) is 38.7 Å². The Balaban J connectivity index is 2.10. The highest BCUT2D eigenvalue weighted by atomic mass is 16.5. The van der Waals surface area contributed by atoms with Crippen molar-refractivity contribution in [1.29, 1.82) is 0 Å². The van der Waals surface area contributed by atoms with Crippen LogP contribution in [0.1, 0.15) is 62.9 Å². The van der Waals surface area contributed by atoms with Gasteiger partial charge in [0.2, 0.25) is 0 Å². The molecule has 3 atom stereocenters. The molecule has 0 amide bonds. The van der Waals surface area contributed by atoms with Crippen molar-refractivity contribution in [2.45, 2.75) is 58.5 Å². The van der Waals surface area contributed by atoms with Crippen LogP contribution in [-0.4, -0.2) is 25.7 Å². The Morgan fingerprint density at radius 3 is 2.71 bits per heavy atom. The Hall–Kier alpha value is -1.55. The average molecular weight is 330 g/mol. The predicted octanol–water partition coefficient (Wildman–Crippen LogP) is 3.68. The molecule has 0 saturated heterocycles. The molecule has 1 aromatic carbocycles. The summed E-state index contributed by atoms with van der Waals surface area (Å²) in [7, 11) is 1.42. The van der Waals surface area contributed by atoms with E-state index in [0.29, 0.717) is 17.5 Å². The maximum absolute atomic E-state index is 12.0. The highest BCUT2D eigenvalue weighted by Crippen LogP contribution is 2.54. The standard InChI is InChI=1S/C20H30N2O2/c1-6-13-9-10-20(21)15-11-14(18(23)24-5)7-8-16(15)22(17(13)20)12-19(2,3)4/h7-8,11,13,17H,6,9-10,12,21H2,1-5H3. The van der Waals surface area contributed by atoms with E-state index in [0.717, 1.165) is 31.4 Å². The summed E-state index contributed by atoms with van der Waals surface area (Å²) in [5, 5.41) is 0. The first-order valence-electron chi connectivity index (χ1n) is 8.99. The normalized spacial score (nSPS) is 28.7. The van der Waals surface area contributed by atoms with E-state index in [1.165, 1.54) is 12.8 Å². The van der Waals surface area contributed by atoms with Gasteiger partial charge in [-0.3, -0.25) is 0 Å². The molecule has 1 fully saturated rings. The summed E-state index contributed by atoms with van der Waals surface area (Å²) in [6.07, 6.45) is 3.27. The fourth-order valence-corrected chi connectivity index (χ4v) is 4.65. The van der Waals surface area contributed by atoms with Crippen LogP contribution >= 0.6 is 0 Å². The number of fused-ring (bicyclic) bond motifs is 3. The van der Waals surface area contributed by atoms with Crippen molar-refractivity contribution in [3.8, 4) is 0 Å². The molecule has 1 aromatic rings. The zero-order valence-corrected chi connectivity index (χ0v) is 15.6. The van der Waals surface area contributed by atoms with E-state index in [9.17, 15) is 4.79 Å². The van der Waals surface area contributed by atoms with Gasteiger partial charge < -0.3 is 15.4 Å². The van der Waals surface area contributed by atoms with E-state index >= 15 is 0 Å². The van der Waals surface area contributed by atoms with Crippen molar-refractivity contribution in [2.24, 2.45) is 17.1 Å². The van der Waals surface area contributed by atoms with Crippen molar-refractivity contribution in [2.75, 3.05) is 18.6 Å². The minimum absolute atomic E-state index is 0.185. The Bertz CT molecular complexity index is 650. The second kappa shape index (κ2) is 5.76. The fourth-order valence-electron chi connectivity index (χ4n) is 4.65. The van der Waals surface area contributed by atoms with E-state index in [1.807, 2.05) is 12.1 Å². The third-order valence-corrected chi connectivity index (χ3v) is 5.64. The molecule has 1 aliphatic heterocycles. The van der Waals surface area contributed by atoms with Gasteiger partial charge in [0.1, 0.15) is 0 Å². The fraction of sp³-hybridized carbons (Fsp3) is 0.650. The van der Waals surface area contributed by atoms with Crippen LogP contribution < -0.4 is 10.6 Å². The smallest absolute Gasteiger partial charge is 0.337 e. The Morgan fingerprint density at radius 1 is 1.42 bits per heavy atom. The van der Waals surface area contributed by atoms with Gasteiger partial charge in [0.15, 0.2) is 0 Å². The van der Waals surface area contributed by atoms with Gasteiger partial charge >= 0.3 is 5.97 Å². The molecule has 0 bridgehead atoms. The van der Waals surface area contributed by atoms with Crippen LogP contribution in [0.2, 0.25) is 0 Å². The summed E-state index contributed by atoms with van der Waals surface area (Å²) >= 11 is 0. The molecule has 2 aliphatic rings. The first kappa shape index (κ1) is 17.3. The van der Waals surface area contributed by atoms with Crippen molar-refractivity contribution >= 4 is 11.7 Å². The topological polar surface area (TPSA) is 55.6 Å². The van der Waals surface area contributed by atoms with Gasteiger partial charge in [-0.2, -0.15) is 0 Å². The molecular formula is C20H30N2O2. The molecule has 132 valence electrons.